The molecule has 0 aromatic heterocycles. The third kappa shape index (κ3) is 11.2. The highest BCUT2D eigenvalue weighted by Gasteiger charge is 2.28. The highest BCUT2D eigenvalue weighted by molar-refractivity contribution is 6.66. The van der Waals surface area contributed by atoms with Crippen LogP contribution in [0.2, 0.25) is 25.2 Å². The van der Waals surface area contributed by atoms with Crippen molar-refractivity contribution in [2.24, 2.45) is 11.8 Å². The van der Waals surface area contributed by atoms with Crippen LogP contribution in [0.25, 0.3) is 0 Å². The van der Waals surface area contributed by atoms with Crippen LogP contribution in [-0.4, -0.2) is 51.3 Å². The molecule has 2 unspecified atom stereocenters. The van der Waals surface area contributed by atoms with Gasteiger partial charge in [-0.2, -0.15) is 0 Å². The molecule has 0 radical (unpaired) electrons. The molecule has 0 rings (SSSR count). The smallest absolute Gasteiger partial charge is 0.334 e. The molecule has 0 amide bonds. The fourth-order valence-corrected chi connectivity index (χ4v) is 6.43. The number of unbranched alkanes of at least 4 members (excludes halogenated alkanes) is 4. The van der Waals surface area contributed by atoms with Crippen molar-refractivity contribution >= 4 is 22.9 Å². The Morgan fingerprint density at radius 1 is 0.643 bits per heavy atom. The zero-order valence-electron chi connectivity index (χ0n) is 19.8. The van der Waals surface area contributed by atoms with Gasteiger partial charge in [-0.05, 0) is 38.0 Å². The van der Waals surface area contributed by atoms with Crippen molar-refractivity contribution < 1.29 is 22.5 Å². The van der Waals surface area contributed by atoms with Crippen LogP contribution >= 0.6 is 0 Å². The van der Waals surface area contributed by atoms with Gasteiger partial charge in [-0.25, -0.2) is 0 Å². The average Bonchev–Trinajstić information content (AvgIpc) is 2.71. The van der Waals surface area contributed by atoms with E-state index in [9.17, 15) is 4.79 Å². The highest BCUT2D eigenvalue weighted by Crippen LogP contribution is 2.22. The number of Topliss-reactive ketones (excluding diaryl/α,β-unsaturated/α-hetero) is 1. The van der Waals surface area contributed by atoms with Gasteiger partial charge in [0.05, 0.1) is 0 Å². The molecule has 0 aliphatic rings. The molecular formula is C21H46O5Si2. The minimum Gasteiger partial charge on any atom is -0.398 e. The zero-order chi connectivity index (χ0) is 21.6. The van der Waals surface area contributed by atoms with E-state index >= 15 is 0 Å². The molecule has 0 aliphatic carbocycles. The fraction of sp³-hybridized carbons (Fsp3) is 0.952. The first-order chi connectivity index (χ1) is 13.2. The Kier molecular flexibility index (Phi) is 14.8. The normalized spacial score (nSPS) is 14.9. The molecule has 0 heterocycles. The van der Waals surface area contributed by atoms with E-state index in [1.54, 1.807) is 28.4 Å². The molecule has 0 saturated heterocycles. The molecule has 168 valence electrons. The van der Waals surface area contributed by atoms with Crippen LogP contribution in [0.1, 0.15) is 65.2 Å². The van der Waals surface area contributed by atoms with Crippen molar-refractivity contribution in [2.75, 3.05) is 28.4 Å². The number of hydrogen-bond donors (Lipinski definition) is 0. The van der Waals surface area contributed by atoms with Gasteiger partial charge in [-0.15, -0.1) is 0 Å². The molecule has 0 aliphatic heterocycles. The van der Waals surface area contributed by atoms with E-state index in [0.29, 0.717) is 5.78 Å². The van der Waals surface area contributed by atoms with Crippen LogP contribution in [0.3, 0.4) is 0 Å². The summed E-state index contributed by atoms with van der Waals surface area (Å²) in [6.45, 7) is 8.40. The number of ketones is 1. The lowest BCUT2D eigenvalue weighted by Crippen LogP contribution is -2.35. The van der Waals surface area contributed by atoms with Gasteiger partial charge in [-0.1, -0.05) is 52.4 Å². The van der Waals surface area contributed by atoms with Gasteiger partial charge in [0.15, 0.2) is 0 Å². The van der Waals surface area contributed by atoms with Crippen LogP contribution in [0.4, 0.5) is 0 Å². The van der Waals surface area contributed by atoms with Gasteiger partial charge in [0.25, 0.3) is 0 Å². The summed E-state index contributed by atoms with van der Waals surface area (Å²) in [7, 11) is 3.11. The van der Waals surface area contributed by atoms with E-state index in [4.69, 9.17) is 17.7 Å². The first kappa shape index (κ1) is 27.9. The molecule has 0 spiro atoms. The number of rotatable bonds is 18. The first-order valence-corrected chi connectivity index (χ1v) is 16.0. The molecule has 0 aromatic carbocycles. The molecule has 7 heteroatoms. The molecule has 0 fully saturated rings. The Morgan fingerprint density at radius 3 is 1.25 bits per heavy atom. The second-order valence-electron chi connectivity index (χ2n) is 8.49. The third-order valence-electron chi connectivity index (χ3n) is 6.23. The molecule has 0 N–H and O–H groups in total. The Labute approximate surface area is 176 Å². The Hall–Kier alpha value is -0.0562. The summed E-state index contributed by atoms with van der Waals surface area (Å²) in [6.07, 6.45) is 8.72. The predicted octanol–water partition coefficient (Wildman–Crippen LogP) is 5.68. The van der Waals surface area contributed by atoms with Crippen molar-refractivity contribution in [3.8, 4) is 0 Å². The Balaban J connectivity index is 3.93. The SMILES string of the molecule is CO[Si](C)(CCCCCC(C)C(=O)C(C)CCCCC[Si](C)(OC)OC)OC. The quantitative estimate of drug-likeness (QED) is 0.205. The summed E-state index contributed by atoms with van der Waals surface area (Å²) >= 11 is 0. The van der Waals surface area contributed by atoms with Crippen molar-refractivity contribution in [1.82, 2.24) is 0 Å². The minimum absolute atomic E-state index is 0.168. The molecule has 0 aromatic rings. The highest BCUT2D eigenvalue weighted by atomic mass is 28.4. The summed E-state index contributed by atoms with van der Waals surface area (Å²) in [4.78, 5) is 12.6. The van der Waals surface area contributed by atoms with Crippen LogP contribution in [0.5, 0.6) is 0 Å². The van der Waals surface area contributed by atoms with E-state index in [2.05, 4.69) is 26.9 Å². The van der Waals surface area contributed by atoms with Crippen molar-refractivity contribution in [2.45, 2.75) is 90.4 Å². The zero-order valence-corrected chi connectivity index (χ0v) is 21.8. The lowest BCUT2D eigenvalue weighted by molar-refractivity contribution is -0.126. The van der Waals surface area contributed by atoms with Gasteiger partial charge in [0.1, 0.15) is 5.78 Å². The molecule has 0 bridgehead atoms. The van der Waals surface area contributed by atoms with Gasteiger partial charge in [0.2, 0.25) is 0 Å². The van der Waals surface area contributed by atoms with E-state index in [1.807, 2.05) is 0 Å². The second-order valence-corrected chi connectivity index (χ2v) is 15.7. The summed E-state index contributed by atoms with van der Waals surface area (Å²) < 4.78 is 22.1. The predicted molar refractivity (Wildman–Crippen MR) is 121 cm³/mol. The summed E-state index contributed by atoms with van der Waals surface area (Å²) in [5.74, 6) is 0.767. The van der Waals surface area contributed by atoms with Crippen LogP contribution in [0, 0.1) is 11.8 Å². The Morgan fingerprint density at radius 2 is 0.964 bits per heavy atom. The lowest BCUT2D eigenvalue weighted by atomic mass is 9.88. The monoisotopic (exact) mass is 434 g/mol. The van der Waals surface area contributed by atoms with Gasteiger partial charge in [0, 0.05) is 40.3 Å². The number of carbonyl (C=O) groups excluding carboxylic acids is 1. The fourth-order valence-electron chi connectivity index (χ4n) is 3.49. The third-order valence-corrected chi connectivity index (χ3v) is 12.2. The van der Waals surface area contributed by atoms with Crippen LogP contribution in [-0.2, 0) is 22.5 Å². The number of carbonyl (C=O) groups is 1. The van der Waals surface area contributed by atoms with Crippen LogP contribution in [0.15, 0.2) is 0 Å². The lowest BCUT2D eigenvalue weighted by Gasteiger charge is -2.23. The van der Waals surface area contributed by atoms with Crippen molar-refractivity contribution in [1.29, 1.82) is 0 Å². The van der Waals surface area contributed by atoms with Crippen LogP contribution < -0.4 is 0 Å². The molecule has 5 nitrogen and oxygen atoms in total. The number of hydrogen-bond acceptors (Lipinski definition) is 5. The minimum atomic E-state index is -1.93. The topological polar surface area (TPSA) is 54.0 Å². The summed E-state index contributed by atoms with van der Waals surface area (Å²) in [5.41, 5.74) is 0. The second kappa shape index (κ2) is 14.9. The molecule has 2 atom stereocenters. The first-order valence-electron chi connectivity index (χ1n) is 10.9. The maximum atomic E-state index is 12.6. The van der Waals surface area contributed by atoms with E-state index < -0.39 is 17.1 Å². The largest absolute Gasteiger partial charge is 0.398 e. The van der Waals surface area contributed by atoms with E-state index in [0.717, 1.165) is 63.5 Å². The molecule has 28 heavy (non-hydrogen) atoms. The molecule has 0 saturated carbocycles. The van der Waals surface area contributed by atoms with Gasteiger partial charge in [-0.3, -0.25) is 4.79 Å². The van der Waals surface area contributed by atoms with Crippen molar-refractivity contribution in [3.05, 3.63) is 0 Å². The Bertz CT molecular complexity index is 376. The van der Waals surface area contributed by atoms with E-state index in [-0.39, 0.29) is 11.8 Å². The van der Waals surface area contributed by atoms with Crippen molar-refractivity contribution in [3.63, 3.8) is 0 Å². The maximum absolute atomic E-state index is 12.6. The summed E-state index contributed by atoms with van der Waals surface area (Å²) in [5, 5.41) is 0. The average molecular weight is 435 g/mol. The standard InChI is InChI=1S/C21H46O5Si2/c1-19(15-11-9-13-17-27(7,23-3)24-4)21(22)20(2)16-12-10-14-18-28(8,25-5)26-6/h19-20H,9-18H2,1-8H3. The molecular weight excluding hydrogens is 388 g/mol. The maximum Gasteiger partial charge on any atom is 0.334 e. The van der Waals surface area contributed by atoms with Gasteiger partial charge < -0.3 is 17.7 Å². The summed E-state index contributed by atoms with van der Waals surface area (Å²) in [6, 6.07) is 2.04. The van der Waals surface area contributed by atoms with E-state index in [1.165, 1.54) is 0 Å². The van der Waals surface area contributed by atoms with Gasteiger partial charge >= 0.3 is 17.1 Å².